The highest BCUT2D eigenvalue weighted by atomic mass is 35.5. The maximum atomic E-state index is 6.19. The average molecular weight is 300 g/mol. The van der Waals surface area contributed by atoms with E-state index in [0.29, 0.717) is 5.02 Å². The predicted octanol–water partition coefficient (Wildman–Crippen LogP) is 4.83. The summed E-state index contributed by atoms with van der Waals surface area (Å²) in [6.07, 6.45) is 0. The van der Waals surface area contributed by atoms with Gasteiger partial charge < -0.3 is 10.3 Å². The Bertz CT molecular complexity index is 798. The zero-order valence-corrected chi connectivity index (χ0v) is 13.1. The molecule has 3 nitrogen and oxygen atoms in total. The van der Waals surface area contributed by atoms with Crippen molar-refractivity contribution in [3.63, 3.8) is 0 Å². The molecule has 0 fully saturated rings. The number of anilines is 1. The minimum Gasteiger partial charge on any atom is -0.398 e. The van der Waals surface area contributed by atoms with E-state index in [1.54, 1.807) is 0 Å². The fourth-order valence-corrected chi connectivity index (χ4v) is 2.93. The highest BCUT2D eigenvalue weighted by molar-refractivity contribution is 6.31. The highest BCUT2D eigenvalue weighted by Gasteiger charge is 2.18. The molecule has 3 aromatic rings. The van der Waals surface area contributed by atoms with Crippen LogP contribution in [0.25, 0.3) is 22.4 Å². The number of hydrogen-bond acceptors (Lipinski definition) is 2. The third-order valence-electron chi connectivity index (χ3n) is 3.70. The van der Waals surface area contributed by atoms with Crippen LogP contribution in [-0.4, -0.2) is 9.55 Å². The lowest BCUT2D eigenvalue weighted by Crippen LogP contribution is -2.05. The van der Waals surface area contributed by atoms with Crippen LogP contribution in [0.15, 0.2) is 36.4 Å². The molecule has 0 aliphatic rings. The quantitative estimate of drug-likeness (QED) is 0.689. The van der Waals surface area contributed by atoms with Crippen molar-refractivity contribution >= 4 is 28.3 Å². The standard InChI is InChI=1S/C17H18ClN3/c1-10(2)21-15-8-7-12(18)9-14(15)20-17(21)16-11(3)5-4-6-13(16)19/h4-10H,19H2,1-3H3. The number of nitrogens with two attached hydrogens (primary N) is 1. The molecule has 0 spiro atoms. The van der Waals surface area contributed by atoms with Gasteiger partial charge in [0.25, 0.3) is 0 Å². The first kappa shape index (κ1) is 14.0. The van der Waals surface area contributed by atoms with Crippen LogP contribution in [0, 0.1) is 6.92 Å². The van der Waals surface area contributed by atoms with Gasteiger partial charge in [0.15, 0.2) is 0 Å². The van der Waals surface area contributed by atoms with E-state index in [2.05, 4.69) is 31.4 Å². The molecule has 0 saturated carbocycles. The lowest BCUT2D eigenvalue weighted by Gasteiger charge is -2.15. The van der Waals surface area contributed by atoms with E-state index in [-0.39, 0.29) is 6.04 Å². The van der Waals surface area contributed by atoms with Gasteiger partial charge in [0.05, 0.1) is 11.0 Å². The Labute approximate surface area is 129 Å². The minimum atomic E-state index is 0.283. The van der Waals surface area contributed by atoms with Crippen LogP contribution in [0.5, 0.6) is 0 Å². The molecule has 0 saturated heterocycles. The largest absolute Gasteiger partial charge is 0.398 e. The second-order valence-electron chi connectivity index (χ2n) is 5.57. The Balaban J connectivity index is 2.39. The molecule has 0 aliphatic carbocycles. The Morgan fingerprint density at radius 3 is 2.62 bits per heavy atom. The van der Waals surface area contributed by atoms with Crippen molar-refractivity contribution in [2.24, 2.45) is 0 Å². The Hall–Kier alpha value is -2.00. The van der Waals surface area contributed by atoms with E-state index in [4.69, 9.17) is 22.3 Å². The third kappa shape index (κ3) is 2.28. The van der Waals surface area contributed by atoms with Gasteiger partial charge in [-0.1, -0.05) is 23.7 Å². The van der Waals surface area contributed by atoms with E-state index >= 15 is 0 Å². The second-order valence-corrected chi connectivity index (χ2v) is 6.01. The zero-order valence-electron chi connectivity index (χ0n) is 12.4. The van der Waals surface area contributed by atoms with Crippen LogP contribution in [-0.2, 0) is 0 Å². The monoisotopic (exact) mass is 299 g/mol. The molecule has 0 radical (unpaired) electrons. The number of nitrogens with zero attached hydrogens (tertiary/aromatic N) is 2. The summed E-state index contributed by atoms with van der Waals surface area (Å²) in [6.45, 7) is 6.35. The van der Waals surface area contributed by atoms with Gasteiger partial charge in [-0.15, -0.1) is 0 Å². The van der Waals surface area contributed by atoms with Crippen molar-refractivity contribution in [3.8, 4) is 11.4 Å². The molecule has 2 N–H and O–H groups in total. The number of fused-ring (bicyclic) bond motifs is 1. The van der Waals surface area contributed by atoms with E-state index < -0.39 is 0 Å². The SMILES string of the molecule is Cc1cccc(N)c1-c1nc2cc(Cl)ccc2n1C(C)C. The van der Waals surface area contributed by atoms with Crippen LogP contribution in [0.4, 0.5) is 5.69 Å². The summed E-state index contributed by atoms with van der Waals surface area (Å²) in [7, 11) is 0. The number of hydrogen-bond donors (Lipinski definition) is 1. The summed E-state index contributed by atoms with van der Waals surface area (Å²) < 4.78 is 2.21. The van der Waals surface area contributed by atoms with Crippen LogP contribution < -0.4 is 5.73 Å². The molecular formula is C17H18ClN3. The molecule has 108 valence electrons. The van der Waals surface area contributed by atoms with Crippen LogP contribution in [0.2, 0.25) is 5.02 Å². The van der Waals surface area contributed by atoms with E-state index in [9.17, 15) is 0 Å². The normalized spacial score (nSPS) is 11.5. The average Bonchev–Trinajstić information content (AvgIpc) is 2.76. The first-order valence-corrected chi connectivity index (χ1v) is 7.39. The maximum Gasteiger partial charge on any atom is 0.143 e. The molecule has 0 unspecified atom stereocenters. The van der Waals surface area contributed by atoms with Gasteiger partial charge in [0.2, 0.25) is 0 Å². The van der Waals surface area contributed by atoms with Gasteiger partial charge in [-0.2, -0.15) is 0 Å². The lowest BCUT2D eigenvalue weighted by molar-refractivity contribution is 0.624. The van der Waals surface area contributed by atoms with Crippen molar-refractivity contribution in [3.05, 3.63) is 47.0 Å². The van der Waals surface area contributed by atoms with Crippen molar-refractivity contribution in [1.29, 1.82) is 0 Å². The molecule has 2 aromatic carbocycles. The summed E-state index contributed by atoms with van der Waals surface area (Å²) in [5, 5.41) is 0.695. The molecule has 3 rings (SSSR count). The number of nitrogen functional groups attached to an aromatic ring is 1. The van der Waals surface area contributed by atoms with Crippen molar-refractivity contribution in [1.82, 2.24) is 9.55 Å². The molecule has 4 heteroatoms. The van der Waals surface area contributed by atoms with Gasteiger partial charge in [-0.3, -0.25) is 0 Å². The first-order valence-electron chi connectivity index (χ1n) is 7.02. The third-order valence-corrected chi connectivity index (χ3v) is 3.93. The molecule has 21 heavy (non-hydrogen) atoms. The zero-order chi connectivity index (χ0) is 15.1. The van der Waals surface area contributed by atoms with Crippen molar-refractivity contribution < 1.29 is 0 Å². The lowest BCUT2D eigenvalue weighted by atomic mass is 10.1. The van der Waals surface area contributed by atoms with Gasteiger partial charge in [-0.25, -0.2) is 4.98 Å². The minimum absolute atomic E-state index is 0.283. The highest BCUT2D eigenvalue weighted by Crippen LogP contribution is 2.34. The number of halogens is 1. The van der Waals surface area contributed by atoms with Gasteiger partial charge in [-0.05, 0) is 50.6 Å². The van der Waals surface area contributed by atoms with E-state index in [1.807, 2.05) is 30.3 Å². The van der Waals surface area contributed by atoms with Gasteiger partial charge in [0.1, 0.15) is 5.82 Å². The summed E-state index contributed by atoms with van der Waals surface area (Å²) >= 11 is 6.09. The van der Waals surface area contributed by atoms with Gasteiger partial charge in [0, 0.05) is 22.3 Å². The molecule has 0 amide bonds. The second kappa shape index (κ2) is 5.08. The number of rotatable bonds is 2. The smallest absolute Gasteiger partial charge is 0.143 e. The summed E-state index contributed by atoms with van der Waals surface area (Å²) in [4.78, 5) is 4.79. The number of benzene rings is 2. The molecule has 1 heterocycles. The Kier molecular flexibility index (Phi) is 3.38. The van der Waals surface area contributed by atoms with Crippen molar-refractivity contribution in [2.45, 2.75) is 26.8 Å². The maximum absolute atomic E-state index is 6.19. The van der Waals surface area contributed by atoms with Crippen LogP contribution >= 0.6 is 11.6 Å². The van der Waals surface area contributed by atoms with Crippen LogP contribution in [0.3, 0.4) is 0 Å². The van der Waals surface area contributed by atoms with Crippen molar-refractivity contribution in [2.75, 3.05) is 5.73 Å². The molecule has 0 atom stereocenters. The molecule has 0 bridgehead atoms. The van der Waals surface area contributed by atoms with E-state index in [1.165, 1.54) is 0 Å². The molecular weight excluding hydrogens is 282 g/mol. The fraction of sp³-hybridized carbons (Fsp3) is 0.235. The Morgan fingerprint density at radius 2 is 1.95 bits per heavy atom. The number of aromatic nitrogens is 2. The summed E-state index contributed by atoms with van der Waals surface area (Å²) in [5.41, 5.74) is 11.0. The fourth-order valence-electron chi connectivity index (χ4n) is 2.77. The van der Waals surface area contributed by atoms with Gasteiger partial charge >= 0.3 is 0 Å². The predicted molar refractivity (Wildman–Crippen MR) is 89.7 cm³/mol. The van der Waals surface area contributed by atoms with E-state index in [0.717, 1.165) is 33.7 Å². The number of imidazole rings is 1. The first-order chi connectivity index (χ1) is 9.99. The number of aryl methyl sites for hydroxylation is 1. The van der Waals surface area contributed by atoms with Crippen LogP contribution in [0.1, 0.15) is 25.5 Å². The molecule has 1 aromatic heterocycles. The summed E-state index contributed by atoms with van der Waals surface area (Å²) in [6, 6.07) is 12.0. The summed E-state index contributed by atoms with van der Waals surface area (Å²) in [5.74, 6) is 0.901. The molecule has 0 aliphatic heterocycles. The Morgan fingerprint density at radius 1 is 1.19 bits per heavy atom. The topological polar surface area (TPSA) is 43.8 Å².